The van der Waals surface area contributed by atoms with Crippen LogP contribution in [0.1, 0.15) is 25.6 Å². The zero-order valence-electron chi connectivity index (χ0n) is 11.6. The van der Waals surface area contributed by atoms with Crippen LogP contribution in [0.25, 0.3) is 0 Å². The number of anilines is 2. The quantitative estimate of drug-likeness (QED) is 0.800. The molecule has 1 saturated heterocycles. The monoisotopic (exact) mass is 282 g/mol. The van der Waals surface area contributed by atoms with Crippen molar-refractivity contribution in [2.45, 2.75) is 31.6 Å². The highest BCUT2D eigenvalue weighted by Gasteiger charge is 2.15. The summed E-state index contributed by atoms with van der Waals surface area (Å²) in [5.74, 6) is 3.70. The molecule has 1 fully saturated rings. The SMILES string of the molecule is CCOCc1nc(NC)cc(NCC2CCCS2)n1. The molecule has 2 N–H and O–H groups in total. The van der Waals surface area contributed by atoms with Crippen LogP contribution in [0.3, 0.4) is 0 Å². The topological polar surface area (TPSA) is 59.1 Å². The molecule has 19 heavy (non-hydrogen) atoms. The average molecular weight is 282 g/mol. The highest BCUT2D eigenvalue weighted by atomic mass is 32.2. The summed E-state index contributed by atoms with van der Waals surface area (Å²) < 4.78 is 5.37. The Bertz CT molecular complexity index is 396. The number of hydrogen-bond acceptors (Lipinski definition) is 6. The van der Waals surface area contributed by atoms with E-state index in [1.165, 1.54) is 18.6 Å². The predicted molar refractivity (Wildman–Crippen MR) is 80.9 cm³/mol. The molecule has 1 unspecified atom stereocenters. The molecule has 1 atom stereocenters. The third-order valence-corrected chi connectivity index (χ3v) is 4.40. The summed E-state index contributed by atoms with van der Waals surface area (Å²) >= 11 is 2.04. The maximum absolute atomic E-state index is 5.37. The molecule has 0 bridgehead atoms. The molecule has 1 aromatic heterocycles. The highest BCUT2D eigenvalue weighted by Crippen LogP contribution is 2.26. The van der Waals surface area contributed by atoms with Crippen molar-refractivity contribution >= 4 is 23.4 Å². The Labute approximate surface area is 118 Å². The van der Waals surface area contributed by atoms with E-state index in [-0.39, 0.29) is 0 Å². The maximum atomic E-state index is 5.37. The van der Waals surface area contributed by atoms with Gasteiger partial charge in [-0.05, 0) is 25.5 Å². The third kappa shape index (κ3) is 4.54. The fraction of sp³-hybridized carbons (Fsp3) is 0.692. The van der Waals surface area contributed by atoms with Gasteiger partial charge < -0.3 is 15.4 Å². The first kappa shape index (κ1) is 14.4. The number of nitrogens with one attached hydrogen (secondary N) is 2. The molecule has 0 saturated carbocycles. The minimum atomic E-state index is 0.457. The second kappa shape index (κ2) is 7.55. The van der Waals surface area contributed by atoms with Gasteiger partial charge in [0.25, 0.3) is 0 Å². The normalized spacial score (nSPS) is 18.5. The maximum Gasteiger partial charge on any atom is 0.158 e. The van der Waals surface area contributed by atoms with Gasteiger partial charge in [-0.2, -0.15) is 11.8 Å². The van der Waals surface area contributed by atoms with E-state index in [2.05, 4.69) is 20.6 Å². The van der Waals surface area contributed by atoms with E-state index in [1.54, 1.807) is 0 Å². The largest absolute Gasteiger partial charge is 0.374 e. The Morgan fingerprint density at radius 2 is 2.26 bits per heavy atom. The second-order valence-corrected chi connectivity index (χ2v) is 5.87. The van der Waals surface area contributed by atoms with Gasteiger partial charge in [-0.3, -0.25) is 0 Å². The van der Waals surface area contributed by atoms with Crippen molar-refractivity contribution in [1.82, 2.24) is 9.97 Å². The fourth-order valence-corrected chi connectivity index (χ4v) is 3.20. The Morgan fingerprint density at radius 3 is 2.95 bits per heavy atom. The van der Waals surface area contributed by atoms with Gasteiger partial charge in [-0.1, -0.05) is 0 Å². The standard InChI is InChI=1S/C13H22N4OS/c1-3-18-9-13-16-11(14-2)7-12(17-13)15-8-10-5-4-6-19-10/h7,10H,3-6,8-9H2,1-2H3,(H2,14,15,16,17). The molecule has 1 aromatic rings. The lowest BCUT2D eigenvalue weighted by molar-refractivity contribution is 0.128. The van der Waals surface area contributed by atoms with E-state index in [0.29, 0.717) is 18.5 Å². The number of thioether (sulfide) groups is 1. The van der Waals surface area contributed by atoms with Gasteiger partial charge in [-0.15, -0.1) is 0 Å². The predicted octanol–water partition coefficient (Wildman–Crippen LogP) is 2.36. The first-order valence-corrected chi connectivity index (χ1v) is 7.85. The van der Waals surface area contributed by atoms with E-state index in [1.807, 2.05) is 31.8 Å². The fourth-order valence-electron chi connectivity index (χ4n) is 2.00. The van der Waals surface area contributed by atoms with Crippen molar-refractivity contribution in [2.24, 2.45) is 0 Å². The molecular formula is C13H22N4OS. The number of rotatable bonds is 7. The third-order valence-electron chi connectivity index (χ3n) is 3.00. The number of ether oxygens (including phenoxy) is 1. The smallest absolute Gasteiger partial charge is 0.158 e. The summed E-state index contributed by atoms with van der Waals surface area (Å²) in [7, 11) is 1.86. The molecule has 0 aromatic carbocycles. The molecule has 0 amide bonds. The second-order valence-electron chi connectivity index (χ2n) is 4.46. The summed E-state index contributed by atoms with van der Waals surface area (Å²) in [6, 6.07) is 1.94. The van der Waals surface area contributed by atoms with Gasteiger partial charge in [0, 0.05) is 31.5 Å². The van der Waals surface area contributed by atoms with Gasteiger partial charge in [0.2, 0.25) is 0 Å². The summed E-state index contributed by atoms with van der Waals surface area (Å²) in [5.41, 5.74) is 0. The van der Waals surface area contributed by atoms with Crippen LogP contribution in [0.5, 0.6) is 0 Å². The first-order valence-electron chi connectivity index (χ1n) is 6.80. The van der Waals surface area contributed by atoms with Crippen LogP contribution in [0.15, 0.2) is 6.07 Å². The average Bonchev–Trinajstić information content (AvgIpc) is 2.96. The molecule has 0 aliphatic carbocycles. The highest BCUT2D eigenvalue weighted by molar-refractivity contribution is 8.00. The van der Waals surface area contributed by atoms with E-state index in [0.717, 1.165) is 24.0 Å². The molecule has 6 heteroatoms. The number of nitrogens with zero attached hydrogens (tertiary/aromatic N) is 2. The van der Waals surface area contributed by atoms with Gasteiger partial charge in [0.15, 0.2) is 5.82 Å². The first-order chi connectivity index (χ1) is 9.31. The molecule has 2 heterocycles. The lowest BCUT2D eigenvalue weighted by atomic mass is 10.2. The van der Waals surface area contributed by atoms with Crippen LogP contribution < -0.4 is 10.6 Å². The van der Waals surface area contributed by atoms with Crippen molar-refractivity contribution in [3.05, 3.63) is 11.9 Å². The Hall–Kier alpha value is -1.01. The van der Waals surface area contributed by atoms with Crippen molar-refractivity contribution in [3.8, 4) is 0 Å². The molecular weight excluding hydrogens is 260 g/mol. The summed E-state index contributed by atoms with van der Waals surface area (Å²) in [5, 5.41) is 7.18. The van der Waals surface area contributed by atoms with Crippen LogP contribution >= 0.6 is 11.8 Å². The van der Waals surface area contributed by atoms with Gasteiger partial charge in [-0.25, -0.2) is 9.97 Å². The summed E-state index contributed by atoms with van der Waals surface area (Å²) in [4.78, 5) is 8.86. The van der Waals surface area contributed by atoms with Crippen molar-refractivity contribution in [2.75, 3.05) is 36.6 Å². The van der Waals surface area contributed by atoms with Crippen LogP contribution in [-0.4, -0.2) is 41.2 Å². The Morgan fingerprint density at radius 1 is 1.42 bits per heavy atom. The molecule has 106 valence electrons. The summed E-state index contributed by atoms with van der Waals surface area (Å²) in [6.45, 7) is 4.07. The van der Waals surface area contributed by atoms with Crippen molar-refractivity contribution < 1.29 is 4.74 Å². The molecule has 1 aliphatic rings. The van der Waals surface area contributed by atoms with E-state index < -0.39 is 0 Å². The number of aromatic nitrogens is 2. The lowest BCUT2D eigenvalue weighted by Crippen LogP contribution is -2.15. The minimum Gasteiger partial charge on any atom is -0.374 e. The van der Waals surface area contributed by atoms with Crippen molar-refractivity contribution in [1.29, 1.82) is 0 Å². The van der Waals surface area contributed by atoms with E-state index in [4.69, 9.17) is 4.74 Å². The van der Waals surface area contributed by atoms with Crippen LogP contribution in [-0.2, 0) is 11.3 Å². The van der Waals surface area contributed by atoms with Crippen LogP contribution in [0.4, 0.5) is 11.6 Å². The van der Waals surface area contributed by atoms with E-state index in [9.17, 15) is 0 Å². The molecule has 1 aliphatic heterocycles. The molecule has 0 spiro atoms. The van der Waals surface area contributed by atoms with E-state index >= 15 is 0 Å². The Balaban J connectivity index is 1.96. The number of hydrogen-bond donors (Lipinski definition) is 2. The van der Waals surface area contributed by atoms with Gasteiger partial charge >= 0.3 is 0 Å². The Kier molecular flexibility index (Phi) is 5.72. The summed E-state index contributed by atoms with van der Waals surface area (Å²) in [6.07, 6.45) is 2.63. The molecule has 2 rings (SSSR count). The minimum absolute atomic E-state index is 0.457. The lowest BCUT2D eigenvalue weighted by Gasteiger charge is -2.12. The molecule has 5 nitrogen and oxygen atoms in total. The van der Waals surface area contributed by atoms with Crippen molar-refractivity contribution in [3.63, 3.8) is 0 Å². The van der Waals surface area contributed by atoms with Gasteiger partial charge in [0.05, 0.1) is 0 Å². The van der Waals surface area contributed by atoms with Crippen LogP contribution in [0.2, 0.25) is 0 Å². The zero-order chi connectivity index (χ0) is 13.5. The zero-order valence-corrected chi connectivity index (χ0v) is 12.4. The molecule has 0 radical (unpaired) electrons. The van der Waals surface area contributed by atoms with Gasteiger partial charge in [0.1, 0.15) is 18.2 Å². The van der Waals surface area contributed by atoms with Crippen LogP contribution in [0, 0.1) is 0 Å².